The molecule has 33 heavy (non-hydrogen) atoms. The molecular weight excluding hydrogens is 430 g/mol. The fourth-order valence-electron chi connectivity index (χ4n) is 4.05. The molecule has 2 N–H and O–H groups in total. The quantitative estimate of drug-likeness (QED) is 0.673. The van der Waals surface area contributed by atoms with E-state index < -0.39 is 5.91 Å². The summed E-state index contributed by atoms with van der Waals surface area (Å²) in [6.07, 6.45) is 1.70. The highest BCUT2D eigenvalue weighted by atomic mass is 16.6. The predicted molar refractivity (Wildman–Crippen MR) is 117 cm³/mol. The molecule has 2 saturated heterocycles. The van der Waals surface area contributed by atoms with Crippen molar-refractivity contribution in [2.75, 3.05) is 56.2 Å². The maximum absolute atomic E-state index is 13.0. The standard InChI is InChI=1S/C22H25N5O6/c1-13(28)26-6-8-27(9-7-26)18-3-2-16(22(25-18)33-14-10-31-11-14)24-20(29)15-12-32-17-4-5-23-21(30)19(15)17/h2-3,12,14H,4-11H2,1H3,(H,23,30)(H,24,29). The number of fused-ring (bicyclic) bond motifs is 1. The van der Waals surface area contributed by atoms with Crippen LogP contribution in [0.4, 0.5) is 11.5 Å². The number of nitrogens with zero attached hydrogens (tertiary/aromatic N) is 3. The first-order chi connectivity index (χ1) is 16.0. The summed E-state index contributed by atoms with van der Waals surface area (Å²) in [6, 6.07) is 3.54. The number of nitrogens with one attached hydrogen (secondary N) is 2. The van der Waals surface area contributed by atoms with Crippen LogP contribution in [-0.4, -0.2) is 79.6 Å². The lowest BCUT2D eigenvalue weighted by molar-refractivity contribution is -0.129. The van der Waals surface area contributed by atoms with E-state index in [9.17, 15) is 14.4 Å². The number of piperazine rings is 1. The summed E-state index contributed by atoms with van der Waals surface area (Å²) in [5.41, 5.74) is 0.829. The van der Waals surface area contributed by atoms with E-state index in [1.165, 1.54) is 6.26 Å². The van der Waals surface area contributed by atoms with Gasteiger partial charge in [-0.2, -0.15) is 4.98 Å². The second-order valence-electron chi connectivity index (χ2n) is 8.20. The Bertz CT molecular complexity index is 1090. The summed E-state index contributed by atoms with van der Waals surface area (Å²) in [4.78, 5) is 45.4. The fraction of sp³-hybridized carbons (Fsp3) is 0.455. The molecule has 3 aliphatic heterocycles. The van der Waals surface area contributed by atoms with Gasteiger partial charge in [0, 0.05) is 46.1 Å². The van der Waals surface area contributed by atoms with E-state index in [4.69, 9.17) is 13.9 Å². The van der Waals surface area contributed by atoms with Crippen molar-refractivity contribution in [3.8, 4) is 5.88 Å². The van der Waals surface area contributed by atoms with Gasteiger partial charge in [0.25, 0.3) is 11.8 Å². The minimum Gasteiger partial charge on any atom is -0.468 e. The molecule has 3 amide bonds. The van der Waals surface area contributed by atoms with E-state index in [1.54, 1.807) is 24.0 Å². The number of carbonyl (C=O) groups excluding carboxylic acids is 3. The first kappa shape index (κ1) is 21.3. The van der Waals surface area contributed by atoms with Crippen LogP contribution in [0.1, 0.15) is 33.4 Å². The predicted octanol–water partition coefficient (Wildman–Crippen LogP) is 0.659. The SMILES string of the molecule is CC(=O)N1CCN(c2ccc(NC(=O)c3coc4c3C(=O)NCC4)c(OC3COC3)n2)CC1. The number of ether oxygens (including phenoxy) is 2. The molecule has 2 aromatic heterocycles. The lowest BCUT2D eigenvalue weighted by Crippen LogP contribution is -2.48. The normalized spacial score (nSPS) is 18.3. The molecule has 0 unspecified atom stereocenters. The van der Waals surface area contributed by atoms with E-state index in [-0.39, 0.29) is 34.9 Å². The Hall–Kier alpha value is -3.60. The third-order valence-electron chi connectivity index (χ3n) is 6.01. The maximum Gasteiger partial charge on any atom is 0.259 e. The monoisotopic (exact) mass is 455 g/mol. The van der Waals surface area contributed by atoms with Crippen molar-refractivity contribution >= 4 is 29.2 Å². The van der Waals surface area contributed by atoms with Gasteiger partial charge in [0.2, 0.25) is 11.8 Å². The van der Waals surface area contributed by atoms with Crippen molar-refractivity contribution in [2.24, 2.45) is 0 Å². The summed E-state index contributed by atoms with van der Waals surface area (Å²) in [5, 5.41) is 5.54. The summed E-state index contributed by atoms with van der Waals surface area (Å²) in [6.45, 7) is 5.50. The lowest BCUT2D eigenvalue weighted by Gasteiger charge is -2.35. The Morgan fingerprint density at radius 2 is 2.00 bits per heavy atom. The largest absolute Gasteiger partial charge is 0.468 e. The van der Waals surface area contributed by atoms with E-state index in [1.807, 2.05) is 0 Å². The summed E-state index contributed by atoms with van der Waals surface area (Å²) in [7, 11) is 0. The molecule has 0 saturated carbocycles. The molecular formula is C22H25N5O6. The Balaban J connectivity index is 1.37. The van der Waals surface area contributed by atoms with Crippen LogP contribution in [-0.2, 0) is 16.0 Å². The molecule has 0 bridgehead atoms. The van der Waals surface area contributed by atoms with Crippen molar-refractivity contribution in [3.63, 3.8) is 0 Å². The maximum atomic E-state index is 13.0. The minimum absolute atomic E-state index is 0.0600. The van der Waals surface area contributed by atoms with Gasteiger partial charge in [-0.3, -0.25) is 14.4 Å². The van der Waals surface area contributed by atoms with Gasteiger partial charge >= 0.3 is 0 Å². The highest BCUT2D eigenvalue weighted by molar-refractivity contribution is 6.13. The molecule has 5 rings (SSSR count). The first-order valence-corrected chi connectivity index (χ1v) is 11.0. The molecule has 2 fully saturated rings. The molecule has 174 valence electrons. The Morgan fingerprint density at radius 3 is 2.70 bits per heavy atom. The topological polar surface area (TPSA) is 126 Å². The zero-order valence-electron chi connectivity index (χ0n) is 18.3. The molecule has 3 aliphatic rings. The molecule has 0 atom stereocenters. The van der Waals surface area contributed by atoms with Crippen LogP contribution >= 0.6 is 0 Å². The number of pyridine rings is 1. The van der Waals surface area contributed by atoms with Gasteiger partial charge in [-0.25, -0.2) is 0 Å². The van der Waals surface area contributed by atoms with Crippen molar-refractivity contribution in [2.45, 2.75) is 19.4 Å². The van der Waals surface area contributed by atoms with Crippen LogP contribution in [0.25, 0.3) is 0 Å². The molecule has 11 nitrogen and oxygen atoms in total. The van der Waals surface area contributed by atoms with Gasteiger partial charge in [0.15, 0.2) is 0 Å². The van der Waals surface area contributed by atoms with Gasteiger partial charge < -0.3 is 34.3 Å². The number of rotatable bonds is 5. The van der Waals surface area contributed by atoms with Crippen molar-refractivity contribution in [1.29, 1.82) is 0 Å². The minimum atomic E-state index is -0.476. The van der Waals surface area contributed by atoms with Gasteiger partial charge in [0.05, 0.1) is 24.3 Å². The van der Waals surface area contributed by atoms with E-state index in [0.29, 0.717) is 69.6 Å². The highest BCUT2D eigenvalue weighted by Gasteiger charge is 2.29. The van der Waals surface area contributed by atoms with Gasteiger partial charge in [-0.05, 0) is 12.1 Å². The average Bonchev–Trinajstić information content (AvgIpc) is 3.23. The zero-order valence-corrected chi connectivity index (χ0v) is 18.3. The van der Waals surface area contributed by atoms with E-state index >= 15 is 0 Å². The van der Waals surface area contributed by atoms with E-state index in [2.05, 4.69) is 20.5 Å². The number of furan rings is 1. The van der Waals surface area contributed by atoms with Crippen LogP contribution in [0.15, 0.2) is 22.8 Å². The molecule has 11 heteroatoms. The number of aromatic nitrogens is 1. The van der Waals surface area contributed by atoms with Crippen molar-refractivity contribution in [1.82, 2.24) is 15.2 Å². The molecule has 0 aliphatic carbocycles. The van der Waals surface area contributed by atoms with Gasteiger partial charge in [0.1, 0.15) is 29.6 Å². The third kappa shape index (κ3) is 4.23. The van der Waals surface area contributed by atoms with Crippen LogP contribution in [0.2, 0.25) is 0 Å². The van der Waals surface area contributed by atoms with Gasteiger partial charge in [-0.1, -0.05) is 0 Å². The van der Waals surface area contributed by atoms with Crippen molar-refractivity contribution < 1.29 is 28.3 Å². The van der Waals surface area contributed by atoms with Crippen LogP contribution in [0.5, 0.6) is 5.88 Å². The molecule has 5 heterocycles. The summed E-state index contributed by atoms with van der Waals surface area (Å²) >= 11 is 0. The highest BCUT2D eigenvalue weighted by Crippen LogP contribution is 2.30. The zero-order chi connectivity index (χ0) is 22.9. The van der Waals surface area contributed by atoms with E-state index in [0.717, 1.165) is 0 Å². The number of anilines is 2. The second kappa shape index (κ2) is 8.74. The number of hydrogen-bond acceptors (Lipinski definition) is 8. The smallest absolute Gasteiger partial charge is 0.259 e. The summed E-state index contributed by atoms with van der Waals surface area (Å²) in [5.74, 6) is 0.749. The van der Waals surface area contributed by atoms with Gasteiger partial charge in [-0.15, -0.1) is 0 Å². The molecule has 2 aromatic rings. The van der Waals surface area contributed by atoms with Crippen LogP contribution in [0.3, 0.4) is 0 Å². The van der Waals surface area contributed by atoms with Crippen LogP contribution < -0.4 is 20.3 Å². The first-order valence-electron chi connectivity index (χ1n) is 11.0. The lowest BCUT2D eigenvalue weighted by atomic mass is 10.0. The summed E-state index contributed by atoms with van der Waals surface area (Å²) < 4.78 is 16.6. The number of carbonyl (C=O) groups is 3. The molecule has 0 aromatic carbocycles. The number of hydrogen-bond donors (Lipinski definition) is 2. The molecule has 0 radical (unpaired) electrons. The average molecular weight is 455 g/mol. The van der Waals surface area contributed by atoms with Crippen molar-refractivity contribution in [3.05, 3.63) is 35.3 Å². The Labute approximate surface area is 190 Å². The van der Waals surface area contributed by atoms with Crippen LogP contribution in [0, 0.1) is 0 Å². The Morgan fingerprint density at radius 1 is 1.21 bits per heavy atom. The fourth-order valence-corrected chi connectivity index (χ4v) is 4.05. The molecule has 0 spiro atoms. The third-order valence-corrected chi connectivity index (χ3v) is 6.01. The second-order valence-corrected chi connectivity index (χ2v) is 8.20. The number of amides is 3. The Kier molecular flexibility index (Phi) is 5.63.